The Morgan fingerprint density at radius 1 is 1.29 bits per heavy atom. The van der Waals surface area contributed by atoms with E-state index in [1.54, 1.807) is 6.07 Å². The summed E-state index contributed by atoms with van der Waals surface area (Å²) in [6.07, 6.45) is 3.04. The average molecular weight is 298 g/mol. The molecular weight excluding hydrogens is 289 g/mol. The molecule has 0 spiro atoms. The van der Waals surface area contributed by atoms with Gasteiger partial charge in [-0.1, -0.05) is 6.07 Å². The molecule has 0 atom stereocenters. The second-order valence-corrected chi connectivity index (χ2v) is 4.17. The van der Waals surface area contributed by atoms with Crippen LogP contribution in [0.15, 0.2) is 35.1 Å². The molecule has 2 N–H and O–H groups in total. The molecule has 2 aromatic rings. The van der Waals surface area contributed by atoms with Crippen molar-refractivity contribution in [3.8, 4) is 11.8 Å². The fourth-order valence-corrected chi connectivity index (χ4v) is 1.41. The molecular formula is C11H9BrFN3O. The van der Waals surface area contributed by atoms with E-state index in [0.29, 0.717) is 5.56 Å². The third-order valence-corrected chi connectivity index (χ3v) is 2.44. The van der Waals surface area contributed by atoms with Crippen LogP contribution >= 0.6 is 15.9 Å². The van der Waals surface area contributed by atoms with E-state index in [1.165, 1.54) is 24.5 Å². The molecule has 0 unspecified atom stereocenters. The minimum absolute atomic E-state index is 0.0736. The lowest BCUT2D eigenvalue weighted by Crippen LogP contribution is -1.98. The SMILES string of the molecule is NCc1ccc(Oc2ncc(Br)cn2)c(F)c1. The molecule has 0 fully saturated rings. The molecule has 17 heavy (non-hydrogen) atoms. The molecule has 0 saturated carbocycles. The monoisotopic (exact) mass is 297 g/mol. The van der Waals surface area contributed by atoms with Crippen molar-refractivity contribution in [1.82, 2.24) is 9.97 Å². The van der Waals surface area contributed by atoms with Crippen LogP contribution in [-0.2, 0) is 6.54 Å². The zero-order valence-electron chi connectivity index (χ0n) is 8.73. The Morgan fingerprint density at radius 2 is 2.00 bits per heavy atom. The van der Waals surface area contributed by atoms with Crippen LogP contribution in [0, 0.1) is 5.82 Å². The molecule has 0 aliphatic heterocycles. The van der Waals surface area contributed by atoms with Crippen LogP contribution in [0.2, 0.25) is 0 Å². The number of halogens is 2. The van der Waals surface area contributed by atoms with Gasteiger partial charge in [0.15, 0.2) is 11.6 Å². The van der Waals surface area contributed by atoms with Gasteiger partial charge in [0.05, 0.1) is 4.47 Å². The van der Waals surface area contributed by atoms with Crippen molar-refractivity contribution in [2.75, 3.05) is 0 Å². The van der Waals surface area contributed by atoms with Crippen molar-refractivity contribution in [2.24, 2.45) is 5.73 Å². The molecule has 0 bridgehead atoms. The van der Waals surface area contributed by atoms with Crippen molar-refractivity contribution in [2.45, 2.75) is 6.54 Å². The molecule has 6 heteroatoms. The number of hydrogen-bond acceptors (Lipinski definition) is 4. The van der Waals surface area contributed by atoms with E-state index < -0.39 is 5.82 Å². The summed E-state index contributed by atoms with van der Waals surface area (Å²) in [5, 5.41) is 0. The highest BCUT2D eigenvalue weighted by atomic mass is 79.9. The predicted octanol–water partition coefficient (Wildman–Crippen LogP) is 2.63. The molecule has 1 heterocycles. The summed E-state index contributed by atoms with van der Waals surface area (Å²) in [6, 6.07) is 4.61. The van der Waals surface area contributed by atoms with Crippen LogP contribution in [0.4, 0.5) is 4.39 Å². The van der Waals surface area contributed by atoms with Crippen LogP contribution < -0.4 is 10.5 Å². The van der Waals surface area contributed by atoms with Crippen LogP contribution in [0.3, 0.4) is 0 Å². The number of nitrogens with zero attached hydrogens (tertiary/aromatic N) is 2. The van der Waals surface area contributed by atoms with E-state index in [4.69, 9.17) is 10.5 Å². The summed E-state index contributed by atoms with van der Waals surface area (Å²) in [5.41, 5.74) is 6.10. The Morgan fingerprint density at radius 3 is 2.59 bits per heavy atom. The molecule has 0 saturated heterocycles. The van der Waals surface area contributed by atoms with E-state index in [2.05, 4.69) is 25.9 Å². The lowest BCUT2D eigenvalue weighted by atomic mass is 10.2. The van der Waals surface area contributed by atoms with Gasteiger partial charge in [-0.25, -0.2) is 14.4 Å². The first-order chi connectivity index (χ1) is 8.19. The van der Waals surface area contributed by atoms with Gasteiger partial charge in [0, 0.05) is 18.9 Å². The van der Waals surface area contributed by atoms with E-state index in [0.717, 1.165) is 4.47 Å². The molecule has 4 nitrogen and oxygen atoms in total. The Kier molecular flexibility index (Phi) is 3.65. The summed E-state index contributed by atoms with van der Waals surface area (Å²) in [5.74, 6) is -0.413. The van der Waals surface area contributed by atoms with Crippen molar-refractivity contribution >= 4 is 15.9 Å². The standard InChI is InChI=1S/C11H9BrFN3O/c12-8-5-15-11(16-6-8)17-10-2-1-7(4-14)3-9(10)13/h1-3,5-6H,4,14H2. The minimum Gasteiger partial charge on any atom is -0.421 e. The maximum absolute atomic E-state index is 13.6. The fraction of sp³-hybridized carbons (Fsp3) is 0.0909. The first-order valence-corrected chi connectivity index (χ1v) is 5.62. The molecule has 0 aliphatic carbocycles. The summed E-state index contributed by atoms with van der Waals surface area (Å²) in [6.45, 7) is 0.284. The summed E-state index contributed by atoms with van der Waals surface area (Å²) < 4.78 is 19.5. The summed E-state index contributed by atoms with van der Waals surface area (Å²) in [4.78, 5) is 7.77. The maximum Gasteiger partial charge on any atom is 0.322 e. The average Bonchev–Trinajstić information content (AvgIpc) is 2.34. The van der Waals surface area contributed by atoms with Crippen LogP contribution in [0.5, 0.6) is 11.8 Å². The second-order valence-electron chi connectivity index (χ2n) is 3.25. The second kappa shape index (κ2) is 5.20. The molecule has 2 rings (SSSR count). The lowest BCUT2D eigenvalue weighted by Gasteiger charge is -2.05. The summed E-state index contributed by atoms with van der Waals surface area (Å²) >= 11 is 3.20. The topological polar surface area (TPSA) is 61.0 Å². The van der Waals surface area contributed by atoms with Crippen molar-refractivity contribution in [1.29, 1.82) is 0 Å². The van der Waals surface area contributed by atoms with E-state index in [-0.39, 0.29) is 18.3 Å². The number of benzene rings is 1. The number of hydrogen-bond donors (Lipinski definition) is 1. The fourth-order valence-electron chi connectivity index (χ4n) is 1.21. The number of aromatic nitrogens is 2. The quantitative estimate of drug-likeness (QED) is 0.946. The van der Waals surface area contributed by atoms with Gasteiger partial charge < -0.3 is 10.5 Å². The van der Waals surface area contributed by atoms with Gasteiger partial charge in [-0.3, -0.25) is 0 Å². The van der Waals surface area contributed by atoms with Gasteiger partial charge in [-0.15, -0.1) is 0 Å². The van der Waals surface area contributed by atoms with Gasteiger partial charge in [0.2, 0.25) is 0 Å². The zero-order valence-corrected chi connectivity index (χ0v) is 10.3. The van der Waals surface area contributed by atoms with Gasteiger partial charge in [-0.2, -0.15) is 0 Å². The van der Waals surface area contributed by atoms with Gasteiger partial charge in [0.1, 0.15) is 0 Å². The normalized spacial score (nSPS) is 10.3. The Hall–Kier alpha value is -1.53. The highest BCUT2D eigenvalue weighted by Crippen LogP contribution is 2.22. The Labute approximate surface area is 106 Å². The first kappa shape index (κ1) is 11.9. The Bertz CT molecular complexity index is 519. The van der Waals surface area contributed by atoms with E-state index in [9.17, 15) is 4.39 Å². The lowest BCUT2D eigenvalue weighted by molar-refractivity contribution is 0.410. The largest absolute Gasteiger partial charge is 0.421 e. The smallest absolute Gasteiger partial charge is 0.322 e. The van der Waals surface area contributed by atoms with Gasteiger partial charge in [-0.05, 0) is 33.6 Å². The third kappa shape index (κ3) is 2.98. The van der Waals surface area contributed by atoms with Crippen molar-refractivity contribution in [3.63, 3.8) is 0 Å². The van der Waals surface area contributed by atoms with Gasteiger partial charge >= 0.3 is 6.01 Å². The maximum atomic E-state index is 13.6. The summed E-state index contributed by atoms with van der Waals surface area (Å²) in [7, 11) is 0. The number of ether oxygens (including phenoxy) is 1. The molecule has 0 aliphatic rings. The van der Waals surface area contributed by atoms with E-state index in [1.807, 2.05) is 0 Å². The molecule has 0 radical (unpaired) electrons. The van der Waals surface area contributed by atoms with Crippen LogP contribution in [0.1, 0.15) is 5.56 Å². The molecule has 1 aromatic carbocycles. The van der Waals surface area contributed by atoms with Crippen LogP contribution in [-0.4, -0.2) is 9.97 Å². The first-order valence-electron chi connectivity index (χ1n) is 4.83. The number of nitrogens with two attached hydrogens (primary N) is 1. The molecule has 88 valence electrons. The minimum atomic E-state index is -0.487. The van der Waals surface area contributed by atoms with Crippen molar-refractivity contribution in [3.05, 3.63) is 46.4 Å². The molecule has 1 aromatic heterocycles. The molecule has 0 amide bonds. The number of rotatable bonds is 3. The van der Waals surface area contributed by atoms with E-state index >= 15 is 0 Å². The zero-order chi connectivity index (χ0) is 12.3. The highest BCUT2D eigenvalue weighted by molar-refractivity contribution is 9.10. The van der Waals surface area contributed by atoms with Crippen LogP contribution in [0.25, 0.3) is 0 Å². The predicted molar refractivity (Wildman–Crippen MR) is 64.1 cm³/mol. The van der Waals surface area contributed by atoms with Crippen molar-refractivity contribution < 1.29 is 9.13 Å². The van der Waals surface area contributed by atoms with Gasteiger partial charge in [0.25, 0.3) is 0 Å². The highest BCUT2D eigenvalue weighted by Gasteiger charge is 2.07. The third-order valence-electron chi connectivity index (χ3n) is 2.03. The Balaban J connectivity index is 2.21.